The molecule has 1 amide bonds. The number of nitrogens with zero attached hydrogens (tertiary/aromatic N) is 2. The first-order chi connectivity index (χ1) is 20.5. The monoisotopic (exact) mass is 569 g/mol. The van der Waals surface area contributed by atoms with E-state index in [1.165, 1.54) is 24.9 Å². The van der Waals surface area contributed by atoms with Crippen LogP contribution in [0.1, 0.15) is 51.5 Å². The number of hydrogen-bond acceptors (Lipinski definition) is 5. The summed E-state index contributed by atoms with van der Waals surface area (Å²) in [5, 5.41) is 3.18. The molecule has 6 nitrogen and oxygen atoms in total. The Morgan fingerprint density at radius 2 is 1.64 bits per heavy atom. The van der Waals surface area contributed by atoms with Gasteiger partial charge in [-0.3, -0.25) is 9.69 Å². The van der Waals surface area contributed by atoms with Crippen molar-refractivity contribution >= 4 is 11.6 Å². The van der Waals surface area contributed by atoms with Crippen molar-refractivity contribution < 1.29 is 14.3 Å². The molecule has 3 aromatic carbocycles. The summed E-state index contributed by atoms with van der Waals surface area (Å²) in [5.74, 6) is 3.53. The summed E-state index contributed by atoms with van der Waals surface area (Å²) in [7, 11) is 0. The highest BCUT2D eigenvalue weighted by Gasteiger charge is 2.30. The molecule has 224 valence electrons. The Morgan fingerprint density at radius 3 is 2.33 bits per heavy atom. The molecule has 1 N–H and O–H groups in total. The topological polar surface area (TPSA) is 54.0 Å². The summed E-state index contributed by atoms with van der Waals surface area (Å²) in [5.41, 5.74) is 2.00. The number of amides is 1. The molecule has 2 aliphatic rings. The van der Waals surface area contributed by atoms with Gasteiger partial charge in [0, 0.05) is 25.2 Å². The molecule has 1 saturated carbocycles. The molecule has 0 atom stereocenters. The summed E-state index contributed by atoms with van der Waals surface area (Å²) >= 11 is 0. The fourth-order valence-electron chi connectivity index (χ4n) is 5.63. The molecule has 42 heavy (non-hydrogen) atoms. The Kier molecular flexibility index (Phi) is 10.9. The van der Waals surface area contributed by atoms with E-state index >= 15 is 0 Å². The number of benzene rings is 3. The summed E-state index contributed by atoms with van der Waals surface area (Å²) < 4.78 is 12.2. The van der Waals surface area contributed by atoms with Crippen LogP contribution >= 0.6 is 0 Å². The molecule has 5 rings (SSSR count). The van der Waals surface area contributed by atoms with Crippen LogP contribution in [0.5, 0.6) is 17.2 Å². The lowest BCUT2D eigenvalue weighted by atomic mass is 10.0. The minimum atomic E-state index is -0.00564. The minimum Gasteiger partial charge on any atom is -0.491 e. The molecule has 1 aliphatic heterocycles. The average molecular weight is 570 g/mol. The van der Waals surface area contributed by atoms with E-state index in [0.29, 0.717) is 42.3 Å². The molecule has 1 saturated heterocycles. The quantitative estimate of drug-likeness (QED) is 0.209. The minimum absolute atomic E-state index is 0.00564. The lowest BCUT2D eigenvalue weighted by Crippen LogP contribution is -2.48. The predicted molar refractivity (Wildman–Crippen MR) is 170 cm³/mol. The number of piperidine rings is 1. The van der Waals surface area contributed by atoms with Gasteiger partial charge in [-0.15, -0.1) is 0 Å². The highest BCUT2D eigenvalue weighted by atomic mass is 16.5. The van der Waals surface area contributed by atoms with Crippen LogP contribution in [0.3, 0.4) is 0 Å². The van der Waals surface area contributed by atoms with E-state index in [1.54, 1.807) is 0 Å². The van der Waals surface area contributed by atoms with E-state index < -0.39 is 0 Å². The van der Waals surface area contributed by atoms with Gasteiger partial charge >= 0.3 is 0 Å². The molecule has 0 bridgehead atoms. The number of likely N-dealkylation sites (tertiary alicyclic amines) is 1. The van der Waals surface area contributed by atoms with Crippen LogP contribution in [0.2, 0.25) is 0 Å². The van der Waals surface area contributed by atoms with Crippen molar-refractivity contribution in [2.45, 2.75) is 58.4 Å². The van der Waals surface area contributed by atoms with E-state index in [4.69, 9.17) is 9.47 Å². The smallest absolute Gasteiger partial charge is 0.238 e. The molecule has 0 spiro atoms. The van der Waals surface area contributed by atoms with Gasteiger partial charge in [0.2, 0.25) is 5.91 Å². The predicted octanol–water partition coefficient (Wildman–Crippen LogP) is 7.26. The van der Waals surface area contributed by atoms with Gasteiger partial charge in [0.15, 0.2) is 0 Å². The standard InChI is InChI=1S/C36H47N3O3/c1-28(2)20-24-41-35-25-33(42-32-11-7-4-8-12-32)15-16-34(35)37-36(40)27-39(23-17-29-9-5-3-6-10-29)31-18-21-38(22-19-31)26-30-13-14-30/h3-12,15-16,25,28,30-31H,13-14,17-24,26-27H2,1-2H3,(H,37,40). The van der Waals surface area contributed by atoms with Crippen molar-refractivity contribution in [2.24, 2.45) is 11.8 Å². The Labute approximate surface area is 252 Å². The van der Waals surface area contributed by atoms with Gasteiger partial charge in [-0.2, -0.15) is 0 Å². The zero-order valence-electron chi connectivity index (χ0n) is 25.3. The maximum Gasteiger partial charge on any atom is 0.238 e. The zero-order chi connectivity index (χ0) is 29.1. The first-order valence-electron chi connectivity index (χ1n) is 15.8. The van der Waals surface area contributed by atoms with Crippen LogP contribution in [-0.2, 0) is 11.2 Å². The Hall–Kier alpha value is -3.35. The molecule has 6 heteroatoms. The maximum absolute atomic E-state index is 13.6. The highest BCUT2D eigenvalue weighted by Crippen LogP contribution is 2.33. The number of anilines is 1. The van der Waals surface area contributed by atoms with Gasteiger partial charge in [-0.25, -0.2) is 0 Å². The van der Waals surface area contributed by atoms with Gasteiger partial charge in [0.05, 0.1) is 18.8 Å². The highest BCUT2D eigenvalue weighted by molar-refractivity contribution is 5.93. The first-order valence-corrected chi connectivity index (χ1v) is 15.8. The van der Waals surface area contributed by atoms with Gasteiger partial charge in [0.1, 0.15) is 17.2 Å². The molecule has 1 aliphatic carbocycles. The third-order valence-electron chi connectivity index (χ3n) is 8.32. The fraction of sp³-hybridized carbons (Fsp3) is 0.472. The largest absolute Gasteiger partial charge is 0.491 e. The van der Waals surface area contributed by atoms with Crippen molar-refractivity contribution in [1.29, 1.82) is 0 Å². The van der Waals surface area contributed by atoms with Crippen molar-refractivity contribution in [2.75, 3.05) is 44.6 Å². The molecule has 3 aromatic rings. The molecule has 1 heterocycles. The van der Waals surface area contributed by atoms with Crippen LogP contribution < -0.4 is 14.8 Å². The number of hydrogen-bond donors (Lipinski definition) is 1. The van der Waals surface area contributed by atoms with Crippen LogP contribution in [0.15, 0.2) is 78.9 Å². The number of rotatable bonds is 15. The summed E-state index contributed by atoms with van der Waals surface area (Å²) in [6.07, 6.45) is 6.89. The zero-order valence-corrected chi connectivity index (χ0v) is 25.3. The Balaban J connectivity index is 1.25. The summed E-state index contributed by atoms with van der Waals surface area (Å²) in [6, 6.07) is 26.4. The second-order valence-corrected chi connectivity index (χ2v) is 12.3. The van der Waals surface area contributed by atoms with Crippen molar-refractivity contribution in [3.8, 4) is 17.2 Å². The van der Waals surface area contributed by atoms with Crippen LogP contribution in [0.25, 0.3) is 0 Å². The third-order valence-corrected chi connectivity index (χ3v) is 8.32. The van der Waals surface area contributed by atoms with Crippen LogP contribution in [-0.4, -0.2) is 61.1 Å². The third kappa shape index (κ3) is 9.60. The maximum atomic E-state index is 13.6. The van der Waals surface area contributed by atoms with Gasteiger partial charge in [-0.05, 0) is 93.3 Å². The second-order valence-electron chi connectivity index (χ2n) is 12.3. The molecule has 2 fully saturated rings. The van der Waals surface area contributed by atoms with Crippen molar-refractivity contribution in [1.82, 2.24) is 9.80 Å². The van der Waals surface area contributed by atoms with Gasteiger partial charge in [0.25, 0.3) is 0 Å². The number of carbonyl (C=O) groups excluding carboxylic acids is 1. The van der Waals surface area contributed by atoms with Crippen molar-refractivity contribution in [3.63, 3.8) is 0 Å². The number of ether oxygens (including phenoxy) is 2. The number of nitrogens with one attached hydrogen (secondary N) is 1. The normalized spacial score (nSPS) is 16.1. The van der Waals surface area contributed by atoms with E-state index in [0.717, 1.165) is 57.0 Å². The molecular weight excluding hydrogens is 522 g/mol. The summed E-state index contributed by atoms with van der Waals surface area (Å²) in [6.45, 7) is 9.68. The SMILES string of the molecule is CC(C)CCOc1cc(Oc2ccccc2)ccc1NC(=O)CN(CCc1ccccc1)C1CCN(CC2CC2)CC1. The van der Waals surface area contributed by atoms with Crippen LogP contribution in [0, 0.1) is 11.8 Å². The Bertz CT molecular complexity index is 1240. The van der Waals surface area contributed by atoms with Gasteiger partial charge in [-0.1, -0.05) is 62.4 Å². The van der Waals surface area contributed by atoms with E-state index in [-0.39, 0.29) is 5.91 Å². The molecule has 0 radical (unpaired) electrons. The summed E-state index contributed by atoms with van der Waals surface area (Å²) in [4.78, 5) is 18.6. The van der Waals surface area contributed by atoms with E-state index in [2.05, 4.69) is 59.3 Å². The lowest BCUT2D eigenvalue weighted by molar-refractivity contribution is -0.118. The number of para-hydroxylation sites is 1. The molecule has 0 unspecified atom stereocenters. The van der Waals surface area contributed by atoms with Gasteiger partial charge < -0.3 is 19.7 Å². The van der Waals surface area contributed by atoms with Crippen LogP contribution in [0.4, 0.5) is 5.69 Å². The lowest BCUT2D eigenvalue weighted by Gasteiger charge is -2.38. The van der Waals surface area contributed by atoms with E-state index in [1.807, 2.05) is 48.5 Å². The van der Waals surface area contributed by atoms with E-state index in [9.17, 15) is 4.79 Å². The first kappa shape index (κ1) is 30.1. The second kappa shape index (κ2) is 15.2. The number of carbonyl (C=O) groups is 1. The Morgan fingerprint density at radius 1 is 0.929 bits per heavy atom. The van der Waals surface area contributed by atoms with Crippen molar-refractivity contribution in [3.05, 3.63) is 84.4 Å². The fourth-order valence-corrected chi connectivity index (χ4v) is 5.63. The molecule has 0 aromatic heterocycles. The molecular formula is C36H47N3O3. The average Bonchev–Trinajstić information content (AvgIpc) is 3.82.